The summed E-state index contributed by atoms with van der Waals surface area (Å²) in [6.45, 7) is 0. The lowest BCUT2D eigenvalue weighted by molar-refractivity contribution is 0.669. The maximum Gasteiger partial charge on any atom is 0.165 e. The Balaban J connectivity index is 1.10. The second kappa shape index (κ2) is 12.6. The highest BCUT2D eigenvalue weighted by Gasteiger charge is 2.20. The van der Waals surface area contributed by atoms with Crippen LogP contribution in [-0.4, -0.2) is 19.5 Å². The van der Waals surface area contributed by atoms with E-state index in [1.165, 1.54) is 32.0 Å². The molecule has 0 saturated heterocycles. The summed E-state index contributed by atoms with van der Waals surface area (Å²) in [4.78, 5) is 15.7. The molecule has 0 atom stereocenters. The fraction of sp³-hybridized carbons (Fsp3) is 0. The van der Waals surface area contributed by atoms with Gasteiger partial charge in [-0.1, -0.05) is 127 Å². The predicted octanol–water partition coefficient (Wildman–Crippen LogP) is 13.9. The molecule has 4 heterocycles. The maximum atomic E-state index is 6.33. The highest BCUT2D eigenvalue weighted by Crippen LogP contribution is 2.41. The van der Waals surface area contributed by atoms with Crippen molar-refractivity contribution >= 4 is 75.3 Å². The minimum Gasteiger partial charge on any atom is -0.456 e. The molecule has 266 valence electrons. The van der Waals surface area contributed by atoms with Crippen LogP contribution >= 0.6 is 11.3 Å². The third-order valence-corrected chi connectivity index (χ3v) is 12.3. The molecule has 0 aliphatic rings. The van der Waals surface area contributed by atoms with Crippen LogP contribution in [0.25, 0.3) is 115 Å². The van der Waals surface area contributed by atoms with E-state index in [2.05, 4.69) is 168 Å². The van der Waals surface area contributed by atoms with Gasteiger partial charge in [-0.05, 0) is 65.7 Å². The molecule has 0 bridgehead atoms. The Hall–Kier alpha value is -7.41. The van der Waals surface area contributed by atoms with E-state index in [1.807, 2.05) is 18.2 Å². The van der Waals surface area contributed by atoms with Crippen LogP contribution in [0.5, 0.6) is 0 Å². The molecule has 6 heteroatoms. The molecule has 0 radical (unpaired) electrons. The third-order valence-electron chi connectivity index (χ3n) is 11.1. The number of benzene rings is 8. The first-order valence-corrected chi connectivity index (χ1v) is 19.8. The molecule has 0 aliphatic carbocycles. The number of rotatable bonds is 5. The Morgan fingerprint density at radius 2 is 0.965 bits per heavy atom. The molecule has 0 N–H and O–H groups in total. The van der Waals surface area contributed by atoms with Crippen molar-refractivity contribution in [3.8, 4) is 51.0 Å². The number of nitrogens with zero attached hydrogens (tertiary/aromatic N) is 4. The summed E-state index contributed by atoms with van der Waals surface area (Å²) in [6.07, 6.45) is 0. The smallest absolute Gasteiger partial charge is 0.165 e. The number of fused-ring (bicyclic) bond motifs is 9. The molecule has 8 aromatic carbocycles. The van der Waals surface area contributed by atoms with Gasteiger partial charge in [-0.3, -0.25) is 0 Å². The number of hydrogen-bond acceptors (Lipinski definition) is 5. The van der Waals surface area contributed by atoms with Gasteiger partial charge >= 0.3 is 0 Å². The maximum absolute atomic E-state index is 6.33. The van der Waals surface area contributed by atoms with Gasteiger partial charge in [0.15, 0.2) is 17.5 Å². The lowest BCUT2D eigenvalue weighted by atomic mass is 10.0. The third kappa shape index (κ3) is 5.12. The van der Waals surface area contributed by atoms with E-state index in [0.29, 0.717) is 17.5 Å². The number of aromatic nitrogens is 4. The lowest BCUT2D eigenvalue weighted by Crippen LogP contribution is -2.00. The van der Waals surface area contributed by atoms with Crippen LogP contribution in [0.3, 0.4) is 0 Å². The Kier molecular flexibility index (Phi) is 7.03. The van der Waals surface area contributed by atoms with E-state index >= 15 is 0 Å². The largest absolute Gasteiger partial charge is 0.456 e. The monoisotopic (exact) mass is 746 g/mol. The second-order valence-electron chi connectivity index (χ2n) is 14.4. The Labute approximate surface area is 330 Å². The summed E-state index contributed by atoms with van der Waals surface area (Å²) < 4.78 is 11.1. The van der Waals surface area contributed by atoms with Gasteiger partial charge in [0.1, 0.15) is 11.2 Å². The molecule has 0 fully saturated rings. The van der Waals surface area contributed by atoms with E-state index in [9.17, 15) is 0 Å². The summed E-state index contributed by atoms with van der Waals surface area (Å²) in [5.41, 5.74) is 10.1. The van der Waals surface area contributed by atoms with E-state index in [4.69, 9.17) is 19.4 Å². The number of thiophene rings is 1. The van der Waals surface area contributed by atoms with Crippen molar-refractivity contribution in [2.45, 2.75) is 0 Å². The minimum absolute atomic E-state index is 0.590. The minimum atomic E-state index is 0.590. The predicted molar refractivity (Wildman–Crippen MR) is 236 cm³/mol. The normalized spacial score (nSPS) is 11.9. The van der Waals surface area contributed by atoms with Crippen molar-refractivity contribution in [1.82, 2.24) is 19.5 Å². The van der Waals surface area contributed by atoms with Crippen LogP contribution in [0.4, 0.5) is 0 Å². The first-order chi connectivity index (χ1) is 28.2. The van der Waals surface area contributed by atoms with Gasteiger partial charge in [-0.25, -0.2) is 15.0 Å². The molecule has 0 amide bonds. The molecule has 57 heavy (non-hydrogen) atoms. The van der Waals surface area contributed by atoms with Crippen molar-refractivity contribution in [3.63, 3.8) is 0 Å². The van der Waals surface area contributed by atoms with Gasteiger partial charge in [-0.2, -0.15) is 0 Å². The molecule has 4 aromatic heterocycles. The SMILES string of the molecule is c1ccc(-c2ccc3c4ccc(-c5nc(-c6ccc7c(c6)oc6ccccc67)nc(-c6cccc7c6sc6ccccc67)n5)cc4n(-c4ccccc4)c3c2)cc1. The first-order valence-electron chi connectivity index (χ1n) is 19.0. The zero-order valence-corrected chi connectivity index (χ0v) is 31.2. The van der Waals surface area contributed by atoms with Gasteiger partial charge in [0.25, 0.3) is 0 Å². The number of para-hydroxylation sites is 2. The number of hydrogen-bond donors (Lipinski definition) is 0. The topological polar surface area (TPSA) is 56.7 Å². The summed E-state index contributed by atoms with van der Waals surface area (Å²) in [6, 6.07) is 63.9. The van der Waals surface area contributed by atoms with Crippen molar-refractivity contribution in [1.29, 1.82) is 0 Å². The van der Waals surface area contributed by atoms with Crippen molar-refractivity contribution < 1.29 is 4.42 Å². The fourth-order valence-corrected chi connectivity index (χ4v) is 9.58. The molecule has 0 saturated carbocycles. The summed E-state index contributed by atoms with van der Waals surface area (Å²) in [5, 5.41) is 6.94. The standard InChI is InChI=1S/C51H30N4OS/c1-3-12-31(13-4-1)32-22-25-36-37-26-23-33(29-44(37)55(43(36)28-32)35-14-5-2-6-15-35)49-52-50(34-24-27-39-38-16-7-9-20-45(38)56-46(39)30-34)54-51(53-49)42-19-11-18-41-40-17-8-10-21-47(40)57-48(41)42/h1-30H. The fourth-order valence-electron chi connectivity index (χ4n) is 8.37. The van der Waals surface area contributed by atoms with Crippen LogP contribution in [0.1, 0.15) is 0 Å². The molecular formula is C51H30N4OS. The Morgan fingerprint density at radius 1 is 0.386 bits per heavy atom. The zero-order valence-electron chi connectivity index (χ0n) is 30.4. The van der Waals surface area contributed by atoms with E-state index in [0.717, 1.165) is 65.4 Å². The van der Waals surface area contributed by atoms with Crippen molar-refractivity contribution in [3.05, 3.63) is 182 Å². The Morgan fingerprint density at radius 3 is 1.75 bits per heavy atom. The molecule has 5 nitrogen and oxygen atoms in total. The Bertz CT molecular complexity index is 3530. The van der Waals surface area contributed by atoms with E-state index in [1.54, 1.807) is 11.3 Å². The van der Waals surface area contributed by atoms with Gasteiger partial charge < -0.3 is 8.98 Å². The van der Waals surface area contributed by atoms with Crippen LogP contribution in [0, 0.1) is 0 Å². The molecule has 12 aromatic rings. The van der Waals surface area contributed by atoms with Crippen LogP contribution < -0.4 is 0 Å². The average molecular weight is 747 g/mol. The first kappa shape index (κ1) is 31.9. The zero-order chi connectivity index (χ0) is 37.5. The molecule has 0 spiro atoms. The van der Waals surface area contributed by atoms with Gasteiger partial charge in [0, 0.05) is 64.1 Å². The van der Waals surface area contributed by atoms with Gasteiger partial charge in [0.05, 0.1) is 11.0 Å². The molecule has 0 unspecified atom stereocenters. The summed E-state index contributed by atoms with van der Waals surface area (Å²) in [7, 11) is 0. The molecule has 0 aliphatic heterocycles. The van der Waals surface area contributed by atoms with Crippen molar-refractivity contribution in [2.24, 2.45) is 0 Å². The molecule has 12 rings (SSSR count). The van der Waals surface area contributed by atoms with Crippen LogP contribution in [-0.2, 0) is 0 Å². The van der Waals surface area contributed by atoms with Gasteiger partial charge in [-0.15, -0.1) is 11.3 Å². The number of furan rings is 1. The highest BCUT2D eigenvalue weighted by atomic mass is 32.1. The summed E-state index contributed by atoms with van der Waals surface area (Å²) in [5.74, 6) is 1.83. The van der Waals surface area contributed by atoms with Crippen LogP contribution in [0.15, 0.2) is 186 Å². The van der Waals surface area contributed by atoms with Crippen molar-refractivity contribution in [2.75, 3.05) is 0 Å². The molecular weight excluding hydrogens is 717 g/mol. The highest BCUT2D eigenvalue weighted by molar-refractivity contribution is 7.26. The lowest BCUT2D eigenvalue weighted by Gasteiger charge is -2.11. The van der Waals surface area contributed by atoms with E-state index < -0.39 is 0 Å². The second-order valence-corrected chi connectivity index (χ2v) is 15.4. The van der Waals surface area contributed by atoms with E-state index in [-0.39, 0.29) is 0 Å². The quantitative estimate of drug-likeness (QED) is 0.176. The van der Waals surface area contributed by atoms with Gasteiger partial charge in [0.2, 0.25) is 0 Å². The van der Waals surface area contributed by atoms with Crippen LogP contribution in [0.2, 0.25) is 0 Å². The average Bonchev–Trinajstić information content (AvgIpc) is 3.95. The summed E-state index contributed by atoms with van der Waals surface area (Å²) >= 11 is 1.78.